The van der Waals surface area contributed by atoms with E-state index in [1.807, 2.05) is 0 Å². The maximum absolute atomic E-state index is 2.42. The summed E-state index contributed by atoms with van der Waals surface area (Å²) in [6.45, 7) is 18.1. The Balaban J connectivity index is 0.000000164. The van der Waals surface area contributed by atoms with Crippen LogP contribution in [-0.4, -0.2) is 0 Å². The fourth-order valence-electron chi connectivity index (χ4n) is 8.84. The minimum Gasteiger partial charge on any atom is -0.0622 e. The zero-order chi connectivity index (χ0) is 40.5. The van der Waals surface area contributed by atoms with Crippen LogP contribution < -0.4 is 0 Å². The van der Waals surface area contributed by atoms with Gasteiger partial charge in [-0.05, 0) is 135 Å². The third-order valence-corrected chi connectivity index (χ3v) is 12.2. The van der Waals surface area contributed by atoms with Gasteiger partial charge in [-0.1, -0.05) is 212 Å². The van der Waals surface area contributed by atoms with Gasteiger partial charge in [0.2, 0.25) is 0 Å². The van der Waals surface area contributed by atoms with E-state index in [0.29, 0.717) is 17.8 Å². The third kappa shape index (κ3) is 7.33. The molecule has 9 aromatic rings. The second-order valence-electron chi connectivity index (χ2n) is 17.0. The molecule has 0 fully saturated rings. The van der Waals surface area contributed by atoms with E-state index in [2.05, 4.69) is 219 Å². The van der Waals surface area contributed by atoms with Gasteiger partial charge in [0, 0.05) is 0 Å². The van der Waals surface area contributed by atoms with Crippen molar-refractivity contribution in [1.29, 1.82) is 0 Å². The predicted octanol–water partition coefficient (Wildman–Crippen LogP) is 17.2. The van der Waals surface area contributed by atoms with E-state index in [-0.39, 0.29) is 0 Å². The minimum absolute atomic E-state index is 0.492. The maximum Gasteiger partial charge on any atom is -0.00202 e. The molecule has 9 rings (SSSR count). The lowest BCUT2D eigenvalue weighted by atomic mass is 9.83. The summed E-state index contributed by atoms with van der Waals surface area (Å²) in [5.74, 6) is 1.55. The molecule has 0 saturated heterocycles. The highest BCUT2D eigenvalue weighted by molar-refractivity contribution is 6.22. The highest BCUT2D eigenvalue weighted by atomic mass is 14.2. The van der Waals surface area contributed by atoms with Crippen molar-refractivity contribution in [1.82, 2.24) is 0 Å². The average Bonchev–Trinajstić information content (AvgIpc) is 3.26. The summed E-state index contributed by atoms with van der Waals surface area (Å²) >= 11 is 0. The van der Waals surface area contributed by atoms with Crippen molar-refractivity contribution in [2.45, 2.75) is 79.6 Å². The van der Waals surface area contributed by atoms with Crippen LogP contribution in [0.4, 0.5) is 0 Å². The van der Waals surface area contributed by atoms with Gasteiger partial charge in [0.15, 0.2) is 0 Å². The van der Waals surface area contributed by atoms with Gasteiger partial charge >= 0.3 is 0 Å². The van der Waals surface area contributed by atoms with Gasteiger partial charge in [-0.2, -0.15) is 0 Å². The van der Waals surface area contributed by atoms with Crippen LogP contribution in [0.2, 0.25) is 0 Å². The molecule has 0 N–H and O–H groups in total. The molecule has 0 radical (unpaired) electrons. The summed E-state index contributed by atoms with van der Waals surface area (Å²) < 4.78 is 0. The Bertz CT molecular complexity index is 2880. The van der Waals surface area contributed by atoms with Gasteiger partial charge < -0.3 is 0 Å². The molecule has 0 aliphatic heterocycles. The predicted molar refractivity (Wildman–Crippen MR) is 256 cm³/mol. The van der Waals surface area contributed by atoms with Gasteiger partial charge in [-0.25, -0.2) is 0 Å². The Kier molecular flexibility index (Phi) is 11.0. The van der Waals surface area contributed by atoms with Gasteiger partial charge in [-0.15, -0.1) is 0 Å². The van der Waals surface area contributed by atoms with Crippen LogP contribution >= 0.6 is 0 Å². The molecule has 0 aliphatic rings. The van der Waals surface area contributed by atoms with Crippen LogP contribution in [0.5, 0.6) is 0 Å². The number of hydrogen-bond donors (Lipinski definition) is 0. The SMILES string of the molecule is CCc1ccc2c(c1)c(-c1ccccc1)c(-c1ccccc1)c1cc(C(C)C)ccc12.Cc1c(-c2ccccc2)c2cc(C(C)C)ccc2c2ccc(C(C)C)cc12. The van der Waals surface area contributed by atoms with Crippen molar-refractivity contribution in [3.63, 3.8) is 0 Å². The van der Waals surface area contributed by atoms with Crippen LogP contribution in [0.25, 0.3) is 76.5 Å². The first-order chi connectivity index (χ1) is 28.1. The summed E-state index contributed by atoms with van der Waals surface area (Å²) in [6, 6.07) is 60.8. The zero-order valence-electron chi connectivity index (χ0n) is 35.5. The van der Waals surface area contributed by atoms with Crippen LogP contribution in [0, 0.1) is 6.92 Å². The largest absolute Gasteiger partial charge is 0.0622 e. The van der Waals surface area contributed by atoms with Crippen molar-refractivity contribution in [2.75, 3.05) is 0 Å². The molecule has 0 heterocycles. The second-order valence-corrected chi connectivity index (χ2v) is 17.0. The molecule has 0 heteroatoms. The normalized spacial score (nSPS) is 11.6. The Labute approximate surface area is 346 Å². The highest BCUT2D eigenvalue weighted by Crippen LogP contribution is 2.46. The lowest BCUT2D eigenvalue weighted by Gasteiger charge is -2.20. The Morgan fingerprint density at radius 1 is 0.328 bits per heavy atom. The number of hydrogen-bond acceptors (Lipinski definition) is 0. The third-order valence-electron chi connectivity index (χ3n) is 12.2. The maximum atomic E-state index is 2.42. The van der Waals surface area contributed by atoms with Crippen molar-refractivity contribution in [3.05, 3.63) is 192 Å². The Hall–Kier alpha value is -5.98. The first kappa shape index (κ1) is 38.9. The van der Waals surface area contributed by atoms with Gasteiger partial charge in [0.1, 0.15) is 0 Å². The van der Waals surface area contributed by atoms with Gasteiger partial charge in [-0.3, -0.25) is 0 Å². The van der Waals surface area contributed by atoms with E-state index in [4.69, 9.17) is 0 Å². The standard InChI is InChI=1S/C31H28.C27H28/c1-4-22-15-17-26-27-18-16-25(21(2)3)20-29(27)31(24-13-9-6-10-14-24)30(28(26)19-22)23-11-7-5-8-12-23;1-17(2)21-11-13-23-24-14-12-22(18(3)4)16-26(24)27(19(5)25(23)15-21)20-9-7-6-8-10-20/h5-21H,4H2,1-3H3;6-18H,1-5H3. The fourth-order valence-corrected chi connectivity index (χ4v) is 8.84. The van der Waals surface area contributed by atoms with E-state index in [1.54, 1.807) is 0 Å². The summed E-state index contributed by atoms with van der Waals surface area (Å²) in [7, 11) is 0. The molecule has 0 bridgehead atoms. The summed E-state index contributed by atoms with van der Waals surface area (Å²) in [5.41, 5.74) is 14.9. The van der Waals surface area contributed by atoms with Crippen molar-refractivity contribution < 1.29 is 0 Å². The Morgan fingerprint density at radius 3 is 1.05 bits per heavy atom. The lowest BCUT2D eigenvalue weighted by Crippen LogP contribution is -1.95. The lowest BCUT2D eigenvalue weighted by molar-refractivity contribution is 0.868. The van der Waals surface area contributed by atoms with E-state index in [9.17, 15) is 0 Å². The first-order valence-electron chi connectivity index (χ1n) is 21.3. The number of rotatable bonds is 7. The smallest absolute Gasteiger partial charge is 0.00202 e. The van der Waals surface area contributed by atoms with Crippen LogP contribution in [0.1, 0.15) is 94.0 Å². The molecule has 58 heavy (non-hydrogen) atoms. The van der Waals surface area contributed by atoms with Crippen LogP contribution in [0.3, 0.4) is 0 Å². The summed E-state index contributed by atoms with van der Waals surface area (Å²) in [5, 5.41) is 10.8. The molecule has 0 amide bonds. The summed E-state index contributed by atoms with van der Waals surface area (Å²) in [6.07, 6.45) is 1.04. The fraction of sp³-hybridized carbons (Fsp3) is 0.207. The van der Waals surface area contributed by atoms with Crippen molar-refractivity contribution in [3.8, 4) is 33.4 Å². The molecule has 288 valence electrons. The van der Waals surface area contributed by atoms with E-state index in [1.165, 1.54) is 104 Å². The van der Waals surface area contributed by atoms with Crippen molar-refractivity contribution in [2.24, 2.45) is 0 Å². The Morgan fingerprint density at radius 2 is 0.655 bits per heavy atom. The monoisotopic (exact) mass is 752 g/mol. The van der Waals surface area contributed by atoms with E-state index >= 15 is 0 Å². The second kappa shape index (κ2) is 16.5. The molecule has 0 nitrogen and oxygen atoms in total. The number of benzene rings is 9. The van der Waals surface area contributed by atoms with Crippen LogP contribution in [0.15, 0.2) is 164 Å². The molecule has 0 saturated carbocycles. The van der Waals surface area contributed by atoms with E-state index in [0.717, 1.165) is 6.42 Å². The van der Waals surface area contributed by atoms with E-state index < -0.39 is 0 Å². The molecular weight excluding hydrogens is 697 g/mol. The minimum atomic E-state index is 0.492. The van der Waals surface area contributed by atoms with Gasteiger partial charge in [0.25, 0.3) is 0 Å². The molecule has 0 aliphatic carbocycles. The number of fused-ring (bicyclic) bond motifs is 6. The molecule has 9 aromatic carbocycles. The quantitative estimate of drug-likeness (QED) is 0.142. The molecule has 0 atom stereocenters. The molecular formula is C58H56. The highest BCUT2D eigenvalue weighted by Gasteiger charge is 2.19. The van der Waals surface area contributed by atoms with Crippen LogP contribution in [-0.2, 0) is 6.42 Å². The summed E-state index contributed by atoms with van der Waals surface area (Å²) in [4.78, 5) is 0. The average molecular weight is 753 g/mol. The topological polar surface area (TPSA) is 0 Å². The molecule has 0 aromatic heterocycles. The first-order valence-corrected chi connectivity index (χ1v) is 21.3. The molecule has 0 spiro atoms. The zero-order valence-corrected chi connectivity index (χ0v) is 35.5. The molecule has 0 unspecified atom stereocenters. The van der Waals surface area contributed by atoms with Gasteiger partial charge in [0.05, 0.1) is 0 Å². The number of aryl methyl sites for hydroxylation is 2. The van der Waals surface area contributed by atoms with Crippen molar-refractivity contribution >= 4 is 43.1 Å².